The van der Waals surface area contributed by atoms with E-state index in [1.54, 1.807) is 12.1 Å². The number of carboxylic acid groups (broad SMARTS) is 1. The van der Waals surface area contributed by atoms with Gasteiger partial charge >= 0.3 is 5.97 Å². The van der Waals surface area contributed by atoms with Gasteiger partial charge in [0.05, 0.1) is 17.6 Å². The molecule has 0 amide bonds. The van der Waals surface area contributed by atoms with Gasteiger partial charge in [0.2, 0.25) is 0 Å². The Bertz CT molecular complexity index is 376. The van der Waals surface area contributed by atoms with Crippen LogP contribution in [0, 0.1) is 17.2 Å². The van der Waals surface area contributed by atoms with Crippen molar-refractivity contribution in [2.24, 2.45) is 5.92 Å². The van der Waals surface area contributed by atoms with Crippen molar-refractivity contribution in [3.8, 4) is 6.07 Å². The second kappa shape index (κ2) is 5.16. The predicted molar refractivity (Wildman–Crippen MR) is 56.3 cm³/mol. The van der Waals surface area contributed by atoms with Crippen molar-refractivity contribution in [1.29, 1.82) is 5.26 Å². The van der Waals surface area contributed by atoms with E-state index < -0.39 is 5.97 Å². The molecule has 0 spiro atoms. The minimum absolute atomic E-state index is 0.335. The van der Waals surface area contributed by atoms with Gasteiger partial charge in [0.1, 0.15) is 0 Å². The van der Waals surface area contributed by atoms with E-state index in [4.69, 9.17) is 10.4 Å². The molecule has 15 heavy (non-hydrogen) atoms. The van der Waals surface area contributed by atoms with E-state index in [2.05, 4.69) is 0 Å². The maximum atomic E-state index is 10.8. The van der Waals surface area contributed by atoms with Crippen LogP contribution in [0.3, 0.4) is 0 Å². The smallest absolute Gasteiger partial charge is 0.306 e. The molecule has 3 heteroatoms. The molecule has 0 aromatic heterocycles. The number of nitrogens with zero attached hydrogens (tertiary/aromatic N) is 1. The van der Waals surface area contributed by atoms with Gasteiger partial charge in [0.15, 0.2) is 0 Å². The van der Waals surface area contributed by atoms with Crippen LogP contribution in [-0.2, 0) is 11.2 Å². The Labute approximate surface area is 89.0 Å². The summed E-state index contributed by atoms with van der Waals surface area (Å²) in [7, 11) is 0. The van der Waals surface area contributed by atoms with Crippen molar-refractivity contribution in [1.82, 2.24) is 0 Å². The fraction of sp³-hybridized carbons (Fsp3) is 0.333. The maximum Gasteiger partial charge on any atom is 0.306 e. The van der Waals surface area contributed by atoms with Crippen molar-refractivity contribution in [2.45, 2.75) is 19.8 Å². The van der Waals surface area contributed by atoms with E-state index in [9.17, 15) is 4.79 Å². The molecule has 78 valence electrons. The Kier molecular flexibility index (Phi) is 3.87. The average molecular weight is 203 g/mol. The van der Waals surface area contributed by atoms with E-state index >= 15 is 0 Å². The summed E-state index contributed by atoms with van der Waals surface area (Å²) in [6.45, 7) is 1.86. The van der Waals surface area contributed by atoms with Crippen molar-refractivity contribution in [3.63, 3.8) is 0 Å². The second-order valence-electron chi connectivity index (χ2n) is 3.46. The van der Waals surface area contributed by atoms with Crippen molar-refractivity contribution in [2.75, 3.05) is 0 Å². The molecule has 3 nitrogen and oxygen atoms in total. The SMILES string of the molecule is CC[C@@H](Cc1ccc(C#N)cc1)C(=O)O. The number of nitriles is 1. The van der Waals surface area contributed by atoms with Gasteiger partial charge in [-0.3, -0.25) is 4.79 Å². The van der Waals surface area contributed by atoms with E-state index in [0.717, 1.165) is 5.56 Å². The number of aliphatic carboxylic acids is 1. The van der Waals surface area contributed by atoms with E-state index in [1.807, 2.05) is 25.1 Å². The number of carboxylic acids is 1. The standard InChI is InChI=1S/C12H13NO2/c1-2-11(12(14)15)7-9-3-5-10(8-13)6-4-9/h3-6,11H,2,7H2,1H3,(H,14,15)/t11-/m0/s1. The normalized spacial score (nSPS) is 11.7. The van der Waals surface area contributed by atoms with Gasteiger partial charge in [-0.15, -0.1) is 0 Å². The number of hydrogen-bond donors (Lipinski definition) is 1. The highest BCUT2D eigenvalue weighted by Gasteiger charge is 2.15. The summed E-state index contributed by atoms with van der Waals surface area (Å²) in [6.07, 6.45) is 1.15. The summed E-state index contributed by atoms with van der Waals surface area (Å²) in [4.78, 5) is 10.8. The molecule has 0 aliphatic rings. The molecule has 1 N–H and O–H groups in total. The predicted octanol–water partition coefficient (Wildman–Crippen LogP) is 2.21. The second-order valence-corrected chi connectivity index (χ2v) is 3.46. The summed E-state index contributed by atoms with van der Waals surface area (Å²) in [5.41, 5.74) is 1.56. The minimum Gasteiger partial charge on any atom is -0.481 e. The maximum absolute atomic E-state index is 10.8. The zero-order valence-electron chi connectivity index (χ0n) is 8.60. The summed E-state index contributed by atoms with van der Waals surface area (Å²) in [5, 5.41) is 17.5. The molecule has 0 saturated carbocycles. The van der Waals surface area contributed by atoms with E-state index in [-0.39, 0.29) is 5.92 Å². The lowest BCUT2D eigenvalue weighted by molar-refractivity contribution is -0.141. The molecule has 0 fully saturated rings. The molecular weight excluding hydrogens is 190 g/mol. The van der Waals surface area contributed by atoms with Crippen LogP contribution in [0.15, 0.2) is 24.3 Å². The van der Waals surface area contributed by atoms with Crippen LogP contribution in [0.2, 0.25) is 0 Å². The lowest BCUT2D eigenvalue weighted by Crippen LogP contribution is -2.15. The Hall–Kier alpha value is -1.82. The Morgan fingerprint density at radius 2 is 2.07 bits per heavy atom. The summed E-state index contributed by atoms with van der Waals surface area (Å²) >= 11 is 0. The largest absolute Gasteiger partial charge is 0.481 e. The molecule has 0 aliphatic carbocycles. The number of rotatable bonds is 4. The van der Waals surface area contributed by atoms with Gasteiger partial charge in [-0.05, 0) is 30.5 Å². The molecule has 1 aromatic rings. The first kappa shape index (κ1) is 11.3. The van der Waals surface area contributed by atoms with Crippen LogP contribution >= 0.6 is 0 Å². The fourth-order valence-corrected chi connectivity index (χ4v) is 1.41. The molecule has 1 atom stereocenters. The van der Waals surface area contributed by atoms with E-state index in [0.29, 0.717) is 18.4 Å². The van der Waals surface area contributed by atoms with Crippen molar-refractivity contribution < 1.29 is 9.90 Å². The van der Waals surface area contributed by atoms with Crippen LogP contribution in [0.25, 0.3) is 0 Å². The van der Waals surface area contributed by atoms with Crippen molar-refractivity contribution in [3.05, 3.63) is 35.4 Å². The van der Waals surface area contributed by atoms with Gasteiger partial charge in [0, 0.05) is 0 Å². The topological polar surface area (TPSA) is 61.1 Å². The third-order valence-electron chi connectivity index (χ3n) is 2.41. The third kappa shape index (κ3) is 3.10. The first-order valence-corrected chi connectivity index (χ1v) is 4.89. The fourth-order valence-electron chi connectivity index (χ4n) is 1.41. The molecule has 0 radical (unpaired) electrons. The van der Waals surface area contributed by atoms with Gasteiger partial charge in [-0.25, -0.2) is 0 Å². The highest BCUT2D eigenvalue weighted by Crippen LogP contribution is 2.13. The number of hydrogen-bond acceptors (Lipinski definition) is 2. The lowest BCUT2D eigenvalue weighted by atomic mass is 9.96. The molecule has 0 saturated heterocycles. The van der Waals surface area contributed by atoms with Crippen LogP contribution in [-0.4, -0.2) is 11.1 Å². The number of benzene rings is 1. The zero-order chi connectivity index (χ0) is 11.3. The molecular formula is C12H13NO2. The Morgan fingerprint density at radius 1 is 1.47 bits per heavy atom. The first-order chi connectivity index (χ1) is 7.17. The summed E-state index contributed by atoms with van der Waals surface area (Å²) in [5.74, 6) is -1.10. The molecule has 1 rings (SSSR count). The van der Waals surface area contributed by atoms with Crippen LogP contribution in [0.4, 0.5) is 0 Å². The van der Waals surface area contributed by atoms with Gasteiger partial charge in [0.25, 0.3) is 0 Å². The zero-order valence-corrected chi connectivity index (χ0v) is 8.60. The lowest BCUT2D eigenvalue weighted by Gasteiger charge is -2.09. The molecule has 0 unspecified atom stereocenters. The quantitative estimate of drug-likeness (QED) is 0.816. The third-order valence-corrected chi connectivity index (χ3v) is 2.41. The van der Waals surface area contributed by atoms with Crippen LogP contribution in [0.1, 0.15) is 24.5 Å². The first-order valence-electron chi connectivity index (χ1n) is 4.89. The highest BCUT2D eigenvalue weighted by molar-refractivity contribution is 5.70. The van der Waals surface area contributed by atoms with Gasteiger partial charge < -0.3 is 5.11 Å². The van der Waals surface area contributed by atoms with Crippen LogP contribution in [0.5, 0.6) is 0 Å². The van der Waals surface area contributed by atoms with Crippen LogP contribution < -0.4 is 0 Å². The molecule has 0 heterocycles. The van der Waals surface area contributed by atoms with E-state index in [1.165, 1.54) is 0 Å². The molecule has 0 aliphatic heterocycles. The minimum atomic E-state index is -0.762. The molecule has 0 bridgehead atoms. The summed E-state index contributed by atoms with van der Waals surface area (Å²) in [6, 6.07) is 9.07. The summed E-state index contributed by atoms with van der Waals surface area (Å²) < 4.78 is 0. The van der Waals surface area contributed by atoms with Crippen molar-refractivity contribution >= 4 is 5.97 Å². The molecule has 1 aromatic carbocycles. The Morgan fingerprint density at radius 3 is 2.47 bits per heavy atom. The monoisotopic (exact) mass is 203 g/mol. The van der Waals surface area contributed by atoms with Gasteiger partial charge in [-0.1, -0.05) is 19.1 Å². The number of carbonyl (C=O) groups is 1. The average Bonchev–Trinajstić information content (AvgIpc) is 2.26. The Balaban J connectivity index is 2.72. The highest BCUT2D eigenvalue weighted by atomic mass is 16.4. The van der Waals surface area contributed by atoms with Gasteiger partial charge in [-0.2, -0.15) is 5.26 Å².